The van der Waals surface area contributed by atoms with E-state index in [0.717, 1.165) is 6.42 Å². The maximum atomic E-state index is 13.1. The summed E-state index contributed by atoms with van der Waals surface area (Å²) < 4.78 is 39.3. The molecule has 2 aliphatic rings. The minimum atomic E-state index is -4.57. The summed E-state index contributed by atoms with van der Waals surface area (Å²) in [7, 11) is 0. The van der Waals surface area contributed by atoms with Crippen molar-refractivity contribution < 1.29 is 13.2 Å². The molecule has 0 radical (unpaired) electrons. The van der Waals surface area contributed by atoms with Crippen LogP contribution in [0.4, 0.5) is 13.2 Å². The molecule has 104 valence electrons. The first-order chi connectivity index (χ1) is 8.59. The van der Waals surface area contributed by atoms with E-state index in [4.69, 9.17) is 0 Å². The zero-order valence-electron chi connectivity index (χ0n) is 11.0. The third-order valence-corrected chi connectivity index (χ3v) is 5.36. The molecule has 0 aliphatic heterocycles. The van der Waals surface area contributed by atoms with Crippen molar-refractivity contribution in [3.8, 4) is 0 Å². The lowest BCUT2D eigenvalue weighted by atomic mass is 9.70. The summed E-state index contributed by atoms with van der Waals surface area (Å²) in [6.07, 6.45) is -3.06. The SMILES string of the molecule is CC1(C)[C@H]2CC[C@@]1(C)c1[nH]c(=O)nc(C(F)(F)F)c12. The van der Waals surface area contributed by atoms with Crippen molar-refractivity contribution in [2.24, 2.45) is 5.41 Å². The molecule has 2 aliphatic carbocycles. The molecule has 1 fully saturated rings. The zero-order valence-corrected chi connectivity index (χ0v) is 11.0. The highest BCUT2D eigenvalue weighted by Gasteiger charge is 2.62. The van der Waals surface area contributed by atoms with Gasteiger partial charge in [-0.3, -0.25) is 0 Å². The summed E-state index contributed by atoms with van der Waals surface area (Å²) in [4.78, 5) is 17.2. The molecule has 0 spiro atoms. The Labute approximate surface area is 108 Å². The number of aromatic nitrogens is 2. The summed E-state index contributed by atoms with van der Waals surface area (Å²) >= 11 is 0. The smallest absolute Gasteiger partial charge is 0.309 e. The number of hydrogen-bond donors (Lipinski definition) is 1. The van der Waals surface area contributed by atoms with Crippen LogP contribution in [0.25, 0.3) is 0 Å². The van der Waals surface area contributed by atoms with E-state index in [1.165, 1.54) is 0 Å². The number of halogens is 3. The van der Waals surface area contributed by atoms with E-state index in [0.29, 0.717) is 12.1 Å². The van der Waals surface area contributed by atoms with Gasteiger partial charge in [0, 0.05) is 16.7 Å². The standard InChI is InChI=1S/C13H15F3N2O/c1-11(2)6-4-5-12(11,3)8-7(6)9(13(14,15)16)18-10(19)17-8/h6H,4-5H2,1-3H3,(H,17,18,19)/t6-,12-/m0/s1. The van der Waals surface area contributed by atoms with Gasteiger partial charge in [-0.1, -0.05) is 20.8 Å². The van der Waals surface area contributed by atoms with Crippen LogP contribution in [-0.4, -0.2) is 9.97 Å². The van der Waals surface area contributed by atoms with Crippen LogP contribution in [0.3, 0.4) is 0 Å². The minimum absolute atomic E-state index is 0.187. The number of nitrogens with zero attached hydrogens (tertiary/aromatic N) is 1. The fourth-order valence-electron chi connectivity index (χ4n) is 3.93. The predicted octanol–water partition coefficient (Wildman–Crippen LogP) is 2.96. The molecule has 3 nitrogen and oxygen atoms in total. The highest BCUT2D eigenvalue weighted by Crippen LogP contribution is 2.67. The highest BCUT2D eigenvalue weighted by atomic mass is 19.4. The van der Waals surface area contributed by atoms with E-state index in [1.54, 1.807) is 0 Å². The van der Waals surface area contributed by atoms with Gasteiger partial charge in [-0.2, -0.15) is 18.2 Å². The summed E-state index contributed by atoms with van der Waals surface area (Å²) in [6, 6.07) is 0. The zero-order chi connectivity index (χ0) is 14.2. The Balaban J connectivity index is 2.37. The lowest BCUT2D eigenvalue weighted by molar-refractivity contribution is -0.142. The maximum absolute atomic E-state index is 13.1. The van der Waals surface area contributed by atoms with Gasteiger partial charge in [-0.15, -0.1) is 0 Å². The number of hydrogen-bond acceptors (Lipinski definition) is 2. The summed E-state index contributed by atoms with van der Waals surface area (Å²) in [5, 5.41) is 0. The fourth-order valence-corrected chi connectivity index (χ4v) is 3.93. The van der Waals surface area contributed by atoms with Gasteiger partial charge in [0.2, 0.25) is 0 Å². The molecule has 1 aromatic rings. The van der Waals surface area contributed by atoms with Crippen molar-refractivity contribution >= 4 is 0 Å². The monoisotopic (exact) mass is 272 g/mol. The summed E-state index contributed by atoms with van der Waals surface area (Å²) in [5.74, 6) is -0.187. The van der Waals surface area contributed by atoms with Gasteiger partial charge in [0.25, 0.3) is 0 Å². The quantitative estimate of drug-likeness (QED) is 0.789. The van der Waals surface area contributed by atoms with Crippen LogP contribution < -0.4 is 5.69 Å². The third kappa shape index (κ3) is 1.34. The predicted molar refractivity (Wildman–Crippen MR) is 63.0 cm³/mol. The molecule has 0 amide bonds. The average Bonchev–Trinajstić information content (AvgIpc) is 2.58. The topological polar surface area (TPSA) is 45.8 Å². The van der Waals surface area contributed by atoms with Gasteiger partial charge >= 0.3 is 11.9 Å². The van der Waals surface area contributed by atoms with Gasteiger partial charge in [0.05, 0.1) is 0 Å². The molecular weight excluding hydrogens is 257 g/mol. The number of H-pyrrole nitrogens is 1. The molecule has 1 N–H and O–H groups in total. The van der Waals surface area contributed by atoms with Crippen LogP contribution in [-0.2, 0) is 11.6 Å². The van der Waals surface area contributed by atoms with Crippen LogP contribution >= 0.6 is 0 Å². The fraction of sp³-hybridized carbons (Fsp3) is 0.692. The first kappa shape index (κ1) is 12.7. The van der Waals surface area contributed by atoms with E-state index in [9.17, 15) is 18.0 Å². The Hall–Kier alpha value is -1.33. The Bertz CT molecular complexity index is 617. The number of rotatable bonds is 0. The lowest BCUT2D eigenvalue weighted by Gasteiger charge is -2.34. The molecule has 1 heterocycles. The normalized spacial score (nSPS) is 31.6. The number of nitrogens with one attached hydrogen (secondary N) is 1. The van der Waals surface area contributed by atoms with Crippen LogP contribution in [0.15, 0.2) is 4.79 Å². The molecule has 2 atom stereocenters. The summed E-state index contributed by atoms with van der Waals surface area (Å²) in [5.41, 5.74) is -1.94. The molecule has 19 heavy (non-hydrogen) atoms. The van der Waals surface area contributed by atoms with Crippen molar-refractivity contribution in [1.82, 2.24) is 9.97 Å². The van der Waals surface area contributed by atoms with E-state index >= 15 is 0 Å². The minimum Gasteiger partial charge on any atom is -0.309 e. The summed E-state index contributed by atoms with van der Waals surface area (Å²) in [6.45, 7) is 5.89. The second kappa shape index (κ2) is 3.22. The Kier molecular flexibility index (Phi) is 2.15. The van der Waals surface area contributed by atoms with Crippen LogP contribution in [0.5, 0.6) is 0 Å². The number of alkyl halides is 3. The Morgan fingerprint density at radius 1 is 1.32 bits per heavy atom. The van der Waals surface area contributed by atoms with Crippen molar-refractivity contribution in [2.75, 3.05) is 0 Å². The molecule has 3 rings (SSSR count). The van der Waals surface area contributed by atoms with E-state index in [1.807, 2.05) is 20.8 Å². The highest BCUT2D eigenvalue weighted by molar-refractivity contribution is 5.47. The first-order valence-electron chi connectivity index (χ1n) is 6.31. The van der Waals surface area contributed by atoms with Gasteiger partial charge in [-0.05, 0) is 24.2 Å². The average molecular weight is 272 g/mol. The first-order valence-corrected chi connectivity index (χ1v) is 6.31. The van der Waals surface area contributed by atoms with E-state index < -0.39 is 23.0 Å². The molecule has 6 heteroatoms. The van der Waals surface area contributed by atoms with Crippen LogP contribution in [0.1, 0.15) is 56.5 Å². The van der Waals surface area contributed by atoms with Crippen molar-refractivity contribution in [3.63, 3.8) is 0 Å². The third-order valence-electron chi connectivity index (χ3n) is 5.36. The van der Waals surface area contributed by atoms with Crippen LogP contribution in [0.2, 0.25) is 0 Å². The molecule has 1 saturated carbocycles. The molecular formula is C13H15F3N2O. The van der Waals surface area contributed by atoms with E-state index in [-0.39, 0.29) is 16.9 Å². The molecule has 1 aromatic heterocycles. The Morgan fingerprint density at radius 3 is 2.53 bits per heavy atom. The molecule has 2 bridgehead atoms. The number of aromatic amines is 1. The lowest BCUT2D eigenvalue weighted by Crippen LogP contribution is -2.33. The van der Waals surface area contributed by atoms with Crippen molar-refractivity contribution in [1.29, 1.82) is 0 Å². The van der Waals surface area contributed by atoms with Gasteiger partial charge in [0.1, 0.15) is 0 Å². The largest absolute Gasteiger partial charge is 0.433 e. The van der Waals surface area contributed by atoms with Crippen LogP contribution in [0, 0.1) is 5.41 Å². The van der Waals surface area contributed by atoms with Crippen molar-refractivity contribution in [2.45, 2.75) is 51.1 Å². The molecule has 0 unspecified atom stereocenters. The molecule has 0 saturated heterocycles. The van der Waals surface area contributed by atoms with E-state index in [2.05, 4.69) is 9.97 Å². The molecule has 0 aromatic carbocycles. The van der Waals surface area contributed by atoms with Gasteiger partial charge in [0.15, 0.2) is 5.69 Å². The second-order valence-corrected chi connectivity index (χ2v) is 6.32. The van der Waals surface area contributed by atoms with Crippen molar-refractivity contribution in [3.05, 3.63) is 27.4 Å². The van der Waals surface area contributed by atoms with Gasteiger partial charge in [-0.25, -0.2) is 4.79 Å². The number of fused-ring (bicyclic) bond motifs is 5. The second-order valence-electron chi connectivity index (χ2n) is 6.32. The van der Waals surface area contributed by atoms with Gasteiger partial charge < -0.3 is 4.98 Å². The maximum Gasteiger partial charge on any atom is 0.433 e. The Morgan fingerprint density at radius 2 is 1.95 bits per heavy atom.